The number of hydrogen-bond acceptors (Lipinski definition) is 8. The summed E-state index contributed by atoms with van der Waals surface area (Å²) >= 11 is 5.88. The third kappa shape index (κ3) is 6.05. The highest BCUT2D eigenvalue weighted by Gasteiger charge is 2.21. The smallest absolute Gasteiger partial charge is 0.259 e. The standard InChI is InChI=1S/C27H32ClN7O2/c1-18-16-20(9-11-22(18)30-24(37)21-10-8-19(28)17-23(21)36)29-25-31-26(34-12-4-2-5-13-34)33-27(32-25)35-14-6-3-7-15-35/h8-11,16-17,36H,2-7,12-15H2,1H3,(H,30,37)(H,29,31,32,33). The Morgan fingerprint density at radius 2 is 1.49 bits per heavy atom. The maximum absolute atomic E-state index is 12.7. The van der Waals surface area contributed by atoms with Gasteiger partial charge in [0.2, 0.25) is 17.8 Å². The van der Waals surface area contributed by atoms with Crippen molar-refractivity contribution >= 4 is 46.7 Å². The summed E-state index contributed by atoms with van der Waals surface area (Å²) in [5, 5.41) is 16.6. The summed E-state index contributed by atoms with van der Waals surface area (Å²) in [6.45, 7) is 5.74. The van der Waals surface area contributed by atoms with E-state index in [2.05, 4.69) is 20.4 Å². The molecule has 0 spiro atoms. The van der Waals surface area contributed by atoms with Gasteiger partial charge < -0.3 is 25.5 Å². The number of hydrogen-bond donors (Lipinski definition) is 3. The van der Waals surface area contributed by atoms with Crippen LogP contribution < -0.4 is 20.4 Å². The topological polar surface area (TPSA) is 107 Å². The highest BCUT2D eigenvalue weighted by atomic mass is 35.5. The number of amides is 1. The maximum Gasteiger partial charge on any atom is 0.259 e. The van der Waals surface area contributed by atoms with Crippen LogP contribution in [0.15, 0.2) is 36.4 Å². The van der Waals surface area contributed by atoms with E-state index >= 15 is 0 Å². The molecule has 5 rings (SSSR count). The number of aromatic hydroxyl groups is 1. The highest BCUT2D eigenvalue weighted by molar-refractivity contribution is 6.31. The molecule has 1 amide bonds. The Bertz CT molecular complexity index is 1240. The molecule has 37 heavy (non-hydrogen) atoms. The second-order valence-electron chi connectivity index (χ2n) is 9.62. The molecule has 0 unspecified atom stereocenters. The van der Waals surface area contributed by atoms with E-state index in [-0.39, 0.29) is 11.3 Å². The van der Waals surface area contributed by atoms with Crippen molar-refractivity contribution in [2.45, 2.75) is 45.4 Å². The minimum Gasteiger partial charge on any atom is -0.507 e. The normalized spacial score (nSPS) is 15.9. The zero-order valence-electron chi connectivity index (χ0n) is 21.0. The maximum atomic E-state index is 12.7. The van der Waals surface area contributed by atoms with E-state index in [4.69, 9.17) is 26.6 Å². The fraction of sp³-hybridized carbons (Fsp3) is 0.407. The van der Waals surface area contributed by atoms with Gasteiger partial charge in [0.25, 0.3) is 5.91 Å². The molecule has 9 nitrogen and oxygen atoms in total. The summed E-state index contributed by atoms with van der Waals surface area (Å²) in [7, 11) is 0. The first-order valence-corrected chi connectivity index (χ1v) is 13.3. The van der Waals surface area contributed by atoms with Crippen LogP contribution in [0.3, 0.4) is 0 Å². The minimum atomic E-state index is -0.409. The Hall–Kier alpha value is -3.59. The Morgan fingerprint density at radius 3 is 2.05 bits per heavy atom. The number of carbonyl (C=O) groups is 1. The van der Waals surface area contributed by atoms with E-state index in [1.54, 1.807) is 6.07 Å². The van der Waals surface area contributed by atoms with Crippen LogP contribution in [-0.2, 0) is 0 Å². The molecule has 3 heterocycles. The second kappa shape index (κ2) is 11.2. The quantitative estimate of drug-likeness (QED) is 0.389. The molecule has 0 saturated carbocycles. The van der Waals surface area contributed by atoms with Gasteiger partial charge in [-0.1, -0.05) is 11.6 Å². The zero-order chi connectivity index (χ0) is 25.8. The molecule has 10 heteroatoms. The van der Waals surface area contributed by atoms with Crippen LogP contribution >= 0.6 is 11.6 Å². The Kier molecular flexibility index (Phi) is 7.60. The van der Waals surface area contributed by atoms with Gasteiger partial charge in [-0.15, -0.1) is 0 Å². The molecular formula is C27H32ClN7O2. The van der Waals surface area contributed by atoms with Crippen molar-refractivity contribution in [3.63, 3.8) is 0 Å². The average Bonchev–Trinajstić information content (AvgIpc) is 2.91. The van der Waals surface area contributed by atoms with Gasteiger partial charge in [-0.25, -0.2) is 0 Å². The fourth-order valence-electron chi connectivity index (χ4n) is 4.78. The van der Waals surface area contributed by atoms with Crippen LogP contribution in [0.5, 0.6) is 5.75 Å². The number of rotatable bonds is 6. The summed E-state index contributed by atoms with van der Waals surface area (Å²) in [5.74, 6) is 1.39. The van der Waals surface area contributed by atoms with E-state index in [1.807, 2.05) is 25.1 Å². The average molecular weight is 522 g/mol. The predicted octanol–water partition coefficient (Wildman–Crippen LogP) is 5.52. The van der Waals surface area contributed by atoms with E-state index in [0.29, 0.717) is 16.7 Å². The summed E-state index contributed by atoms with van der Waals surface area (Å²) < 4.78 is 0. The number of halogens is 1. The molecule has 0 atom stereocenters. The molecule has 194 valence electrons. The van der Waals surface area contributed by atoms with Gasteiger partial charge in [-0.3, -0.25) is 4.79 Å². The summed E-state index contributed by atoms with van der Waals surface area (Å²) in [4.78, 5) is 31.5. The Morgan fingerprint density at radius 1 is 0.865 bits per heavy atom. The molecule has 1 aromatic heterocycles. The molecule has 3 aromatic rings. The lowest BCUT2D eigenvalue weighted by molar-refractivity contribution is 0.102. The van der Waals surface area contributed by atoms with Crippen LogP contribution in [0.2, 0.25) is 5.02 Å². The number of aromatic nitrogens is 3. The van der Waals surface area contributed by atoms with Gasteiger partial charge in [0, 0.05) is 42.6 Å². The first-order valence-electron chi connectivity index (χ1n) is 12.9. The van der Waals surface area contributed by atoms with Crippen molar-refractivity contribution in [2.75, 3.05) is 46.6 Å². The predicted molar refractivity (Wildman–Crippen MR) is 147 cm³/mol. The number of benzene rings is 2. The number of phenolic OH excluding ortho intramolecular Hbond substituents is 1. The van der Waals surface area contributed by atoms with Crippen molar-refractivity contribution in [1.29, 1.82) is 0 Å². The molecule has 0 bridgehead atoms. The SMILES string of the molecule is Cc1cc(Nc2nc(N3CCCCC3)nc(N3CCCCC3)n2)ccc1NC(=O)c1ccc(Cl)cc1O. The van der Waals surface area contributed by atoms with Crippen LogP contribution in [0, 0.1) is 6.92 Å². The number of aryl methyl sites for hydroxylation is 1. The lowest BCUT2D eigenvalue weighted by atomic mass is 10.1. The molecular weight excluding hydrogens is 490 g/mol. The highest BCUT2D eigenvalue weighted by Crippen LogP contribution is 2.27. The largest absolute Gasteiger partial charge is 0.507 e. The van der Waals surface area contributed by atoms with Crippen LogP contribution in [0.25, 0.3) is 0 Å². The third-order valence-corrected chi connectivity index (χ3v) is 7.06. The van der Waals surface area contributed by atoms with Crippen molar-refractivity contribution < 1.29 is 9.90 Å². The van der Waals surface area contributed by atoms with Gasteiger partial charge in [0.15, 0.2) is 0 Å². The summed E-state index contributed by atoms with van der Waals surface area (Å²) in [6, 6.07) is 10.0. The van der Waals surface area contributed by atoms with Crippen molar-refractivity contribution in [2.24, 2.45) is 0 Å². The Labute approximate surface area is 221 Å². The lowest BCUT2D eigenvalue weighted by Gasteiger charge is -2.30. The minimum absolute atomic E-state index is 0.159. The van der Waals surface area contributed by atoms with E-state index in [1.165, 1.54) is 25.0 Å². The molecule has 2 aliphatic rings. The van der Waals surface area contributed by atoms with Crippen molar-refractivity contribution in [3.05, 3.63) is 52.5 Å². The Balaban J connectivity index is 1.36. The molecule has 2 aliphatic heterocycles. The first-order chi connectivity index (χ1) is 18.0. The van der Waals surface area contributed by atoms with Crippen molar-refractivity contribution in [3.8, 4) is 5.75 Å². The number of nitrogens with one attached hydrogen (secondary N) is 2. The number of phenols is 1. The van der Waals surface area contributed by atoms with Gasteiger partial charge >= 0.3 is 0 Å². The van der Waals surface area contributed by atoms with Crippen LogP contribution in [-0.4, -0.2) is 52.1 Å². The van der Waals surface area contributed by atoms with Crippen LogP contribution in [0.1, 0.15) is 54.4 Å². The first kappa shape index (κ1) is 25.1. The summed E-state index contributed by atoms with van der Waals surface area (Å²) in [6.07, 6.45) is 7.07. The van der Waals surface area contributed by atoms with Crippen LogP contribution in [0.4, 0.5) is 29.2 Å². The molecule has 2 saturated heterocycles. The molecule has 2 fully saturated rings. The number of piperidine rings is 2. The second-order valence-corrected chi connectivity index (χ2v) is 10.1. The monoisotopic (exact) mass is 521 g/mol. The fourth-order valence-corrected chi connectivity index (χ4v) is 4.94. The zero-order valence-corrected chi connectivity index (χ0v) is 21.8. The van der Waals surface area contributed by atoms with E-state index in [9.17, 15) is 9.90 Å². The molecule has 0 aliphatic carbocycles. The van der Waals surface area contributed by atoms with Gasteiger partial charge in [-0.2, -0.15) is 15.0 Å². The number of nitrogens with zero attached hydrogens (tertiary/aromatic N) is 5. The molecule has 0 radical (unpaired) electrons. The molecule has 2 aromatic carbocycles. The summed E-state index contributed by atoms with van der Waals surface area (Å²) in [5.41, 5.74) is 2.47. The van der Waals surface area contributed by atoms with Gasteiger partial charge in [0.1, 0.15) is 5.75 Å². The molecule has 3 N–H and O–H groups in total. The van der Waals surface area contributed by atoms with Gasteiger partial charge in [0.05, 0.1) is 5.56 Å². The number of anilines is 5. The van der Waals surface area contributed by atoms with E-state index < -0.39 is 5.91 Å². The van der Waals surface area contributed by atoms with E-state index in [0.717, 1.165) is 75.0 Å². The van der Waals surface area contributed by atoms with Gasteiger partial charge in [-0.05, 0) is 87.4 Å². The number of carbonyl (C=O) groups excluding carboxylic acids is 1. The van der Waals surface area contributed by atoms with Crippen molar-refractivity contribution in [1.82, 2.24) is 15.0 Å². The third-order valence-electron chi connectivity index (χ3n) is 6.82. The lowest BCUT2D eigenvalue weighted by Crippen LogP contribution is -2.34.